The average molecular weight is 443 g/mol. The van der Waals surface area contributed by atoms with Crippen LogP contribution in [0.15, 0.2) is 18.2 Å². The van der Waals surface area contributed by atoms with Gasteiger partial charge in [-0.05, 0) is 36.2 Å². The first-order chi connectivity index (χ1) is 15.4. The number of aromatic nitrogens is 4. The van der Waals surface area contributed by atoms with E-state index in [4.69, 9.17) is 4.65 Å². The Labute approximate surface area is 182 Å². The summed E-state index contributed by atoms with van der Waals surface area (Å²) in [6.45, 7) is 1.47. The van der Waals surface area contributed by atoms with Crippen molar-refractivity contribution in [3.05, 3.63) is 35.2 Å². The molecule has 1 fully saturated rings. The minimum absolute atomic E-state index is 0.0552. The van der Waals surface area contributed by atoms with Crippen LogP contribution in [0.25, 0.3) is 0 Å². The molecule has 32 heavy (non-hydrogen) atoms. The summed E-state index contributed by atoms with van der Waals surface area (Å²) in [6, 6.07) is 4.71. The monoisotopic (exact) mass is 443 g/mol. The van der Waals surface area contributed by atoms with E-state index in [-0.39, 0.29) is 48.5 Å². The van der Waals surface area contributed by atoms with Gasteiger partial charge < -0.3 is 30.7 Å². The molecule has 0 saturated carbocycles. The van der Waals surface area contributed by atoms with Gasteiger partial charge in [-0.2, -0.15) is 4.80 Å². The molecule has 14 heteroatoms. The van der Waals surface area contributed by atoms with Crippen molar-refractivity contribution in [3.63, 3.8) is 0 Å². The smallest absolute Gasteiger partial charge is 0.534 e. The van der Waals surface area contributed by atoms with Crippen molar-refractivity contribution in [1.29, 1.82) is 0 Å². The van der Waals surface area contributed by atoms with Gasteiger partial charge in [0.05, 0.1) is 17.9 Å². The summed E-state index contributed by atoms with van der Waals surface area (Å²) in [6.07, 6.45) is 0.847. The van der Waals surface area contributed by atoms with E-state index in [9.17, 15) is 24.5 Å². The first kappa shape index (κ1) is 21.7. The summed E-state index contributed by atoms with van der Waals surface area (Å²) < 4.78 is 5.35. The maximum absolute atomic E-state index is 12.4. The second-order valence-corrected chi connectivity index (χ2v) is 7.66. The lowest BCUT2D eigenvalue weighted by molar-refractivity contribution is -0.122. The van der Waals surface area contributed by atoms with Crippen LogP contribution in [0.1, 0.15) is 28.2 Å². The van der Waals surface area contributed by atoms with Gasteiger partial charge in [0.1, 0.15) is 12.3 Å². The third kappa shape index (κ3) is 5.03. The highest BCUT2D eigenvalue weighted by Crippen LogP contribution is 2.30. The number of aromatic carboxylic acids is 1. The molecule has 4 rings (SSSR count). The molecule has 0 bridgehead atoms. The zero-order chi connectivity index (χ0) is 22.7. The number of benzene rings is 1. The summed E-state index contributed by atoms with van der Waals surface area (Å²) in [5.74, 6) is -2.45. The predicted octanol–water partition coefficient (Wildman–Crippen LogP) is -2.47. The normalized spacial score (nSPS) is 19.7. The third-order valence-electron chi connectivity index (χ3n) is 5.22. The van der Waals surface area contributed by atoms with Gasteiger partial charge in [0, 0.05) is 12.6 Å². The number of para-hydroxylation sites is 1. The molecule has 2 atom stereocenters. The quantitative estimate of drug-likeness (QED) is 0.288. The molecule has 0 aliphatic carbocycles. The Bertz CT molecular complexity index is 1020. The third-order valence-corrected chi connectivity index (χ3v) is 5.22. The second kappa shape index (κ2) is 9.32. The van der Waals surface area contributed by atoms with Gasteiger partial charge in [0.25, 0.3) is 0 Å². The van der Waals surface area contributed by atoms with Crippen molar-refractivity contribution in [3.8, 4) is 5.75 Å². The number of tetrazole rings is 1. The lowest BCUT2D eigenvalue weighted by Crippen LogP contribution is -2.53. The number of hydrogen-bond acceptors (Lipinski definition) is 9. The van der Waals surface area contributed by atoms with E-state index < -0.39 is 24.9 Å². The molecule has 2 aromatic rings. The zero-order valence-electron chi connectivity index (χ0n) is 17.0. The number of nitrogens with zero attached hydrogens (tertiary/aromatic N) is 4. The maximum Gasteiger partial charge on any atom is 0.547 e. The molecule has 0 radical (unpaired) electrons. The number of hydrogen-bond donors (Lipinski definition) is 5. The number of carbonyl (C=O) groups excluding carboxylic acids is 2. The Hall–Kier alpha value is -3.52. The summed E-state index contributed by atoms with van der Waals surface area (Å²) in [5, 5.41) is 39.8. The number of carboxylic acid groups (broad SMARTS) is 1. The summed E-state index contributed by atoms with van der Waals surface area (Å²) in [4.78, 5) is 36.9. The van der Waals surface area contributed by atoms with E-state index in [0.717, 1.165) is 24.3 Å². The van der Waals surface area contributed by atoms with Crippen molar-refractivity contribution in [1.82, 2.24) is 36.2 Å². The lowest BCUT2D eigenvalue weighted by atomic mass is 9.72. The first-order valence-electron chi connectivity index (χ1n) is 10.1. The number of nitrogens with one attached hydrogen (secondary N) is 3. The molecule has 1 aromatic carbocycles. The molecule has 3 heterocycles. The van der Waals surface area contributed by atoms with Gasteiger partial charge in [-0.1, -0.05) is 12.1 Å². The molecule has 2 aliphatic rings. The van der Waals surface area contributed by atoms with Crippen LogP contribution in [0.2, 0.25) is 0 Å². The fourth-order valence-corrected chi connectivity index (χ4v) is 3.71. The maximum atomic E-state index is 12.4. The molecule has 1 unspecified atom stereocenters. The van der Waals surface area contributed by atoms with Crippen LogP contribution in [0, 0.1) is 0 Å². The van der Waals surface area contributed by atoms with Crippen LogP contribution in [0.4, 0.5) is 0 Å². The highest BCUT2D eigenvalue weighted by Gasteiger charge is 2.37. The van der Waals surface area contributed by atoms with Crippen molar-refractivity contribution in [2.45, 2.75) is 37.8 Å². The predicted molar refractivity (Wildman–Crippen MR) is 109 cm³/mol. The van der Waals surface area contributed by atoms with Crippen LogP contribution in [-0.4, -0.2) is 80.3 Å². The molecular weight excluding hydrogens is 421 g/mol. The molecule has 1 saturated heterocycles. The fraction of sp³-hybridized carbons (Fsp3) is 0.444. The minimum Gasteiger partial charge on any atom is -0.534 e. The topological polar surface area (TPSA) is 181 Å². The van der Waals surface area contributed by atoms with E-state index in [0.29, 0.717) is 5.56 Å². The fourth-order valence-electron chi connectivity index (χ4n) is 3.71. The van der Waals surface area contributed by atoms with Crippen LogP contribution >= 0.6 is 0 Å². The molecular formula is C18H22BN7O6. The molecule has 13 nitrogen and oxygen atoms in total. The van der Waals surface area contributed by atoms with Gasteiger partial charge in [0.15, 0.2) is 5.82 Å². The minimum atomic E-state index is -1.41. The molecule has 168 valence electrons. The Morgan fingerprint density at radius 3 is 2.88 bits per heavy atom. The molecule has 5 N–H and O–H groups in total. The SMILES string of the molecule is O=C(Cn1nnc(CC(=O)N[C@H]2Cc3cccc(C(=O)O)c3OB2O)n1)NC1CCNC1. The molecule has 2 amide bonds. The summed E-state index contributed by atoms with van der Waals surface area (Å²) in [7, 11) is -1.41. The Morgan fingerprint density at radius 2 is 2.12 bits per heavy atom. The number of rotatable bonds is 7. The Kier molecular flexibility index (Phi) is 6.32. The van der Waals surface area contributed by atoms with Gasteiger partial charge in [0.2, 0.25) is 11.8 Å². The average Bonchev–Trinajstić information content (AvgIpc) is 3.40. The van der Waals surface area contributed by atoms with Crippen molar-refractivity contribution < 1.29 is 29.2 Å². The number of amides is 2. The highest BCUT2D eigenvalue weighted by atomic mass is 16.5. The molecule has 2 aliphatic heterocycles. The molecule has 0 spiro atoms. The van der Waals surface area contributed by atoms with Gasteiger partial charge in [-0.25, -0.2) is 4.79 Å². The van der Waals surface area contributed by atoms with Crippen LogP contribution in [-0.2, 0) is 29.0 Å². The van der Waals surface area contributed by atoms with Gasteiger partial charge in [-0.15, -0.1) is 10.2 Å². The van der Waals surface area contributed by atoms with E-state index in [1.165, 1.54) is 6.07 Å². The second-order valence-electron chi connectivity index (χ2n) is 7.66. The van der Waals surface area contributed by atoms with Crippen molar-refractivity contribution >= 4 is 24.9 Å². The summed E-state index contributed by atoms with van der Waals surface area (Å²) >= 11 is 0. The van der Waals surface area contributed by atoms with E-state index in [1.807, 2.05) is 0 Å². The van der Waals surface area contributed by atoms with Crippen molar-refractivity contribution in [2.75, 3.05) is 13.1 Å². The van der Waals surface area contributed by atoms with Crippen molar-refractivity contribution in [2.24, 2.45) is 0 Å². The highest BCUT2D eigenvalue weighted by molar-refractivity contribution is 6.47. The first-order valence-corrected chi connectivity index (χ1v) is 10.1. The number of carbonyl (C=O) groups is 3. The molecule has 1 aromatic heterocycles. The standard InChI is InChI=1S/C18H22BN7O6/c27-15(7-14-23-25-26(24-14)9-16(28)21-11-4-5-20-8-11)22-13-6-10-2-1-3-12(18(29)30)17(10)32-19(13)31/h1-3,11,13,20,31H,4-9H2,(H,21,28)(H,22,27)(H,29,30)/t11?,13-/m0/s1. The van der Waals surface area contributed by atoms with Gasteiger partial charge in [-0.3, -0.25) is 9.59 Å². The van der Waals surface area contributed by atoms with Crippen LogP contribution in [0.3, 0.4) is 0 Å². The number of carboxylic acids is 1. The van der Waals surface area contributed by atoms with Crippen LogP contribution in [0.5, 0.6) is 5.75 Å². The Morgan fingerprint density at radius 1 is 1.28 bits per heavy atom. The van der Waals surface area contributed by atoms with E-state index in [2.05, 4.69) is 31.4 Å². The van der Waals surface area contributed by atoms with E-state index >= 15 is 0 Å². The summed E-state index contributed by atoms with van der Waals surface area (Å²) in [5.41, 5.74) is 0.508. The van der Waals surface area contributed by atoms with E-state index in [1.54, 1.807) is 12.1 Å². The largest absolute Gasteiger partial charge is 0.547 e. The van der Waals surface area contributed by atoms with Crippen LogP contribution < -0.4 is 20.6 Å². The Balaban J connectivity index is 1.31. The zero-order valence-corrected chi connectivity index (χ0v) is 17.0. The van der Waals surface area contributed by atoms with Gasteiger partial charge >= 0.3 is 13.1 Å². The lowest BCUT2D eigenvalue weighted by Gasteiger charge is -2.28. The number of fused-ring (bicyclic) bond motifs is 1.